The monoisotopic (exact) mass is 350 g/mol. The fourth-order valence-electron chi connectivity index (χ4n) is 3.33. The van der Waals surface area contributed by atoms with Crippen molar-refractivity contribution in [2.24, 2.45) is 5.41 Å². The molecule has 0 aromatic rings. The van der Waals surface area contributed by atoms with Crippen LogP contribution in [0.2, 0.25) is 18.1 Å². The Morgan fingerprint density at radius 3 is 2.38 bits per heavy atom. The number of ketones is 1. The Morgan fingerprint density at radius 2 is 1.92 bits per heavy atom. The summed E-state index contributed by atoms with van der Waals surface area (Å²) >= 11 is 0. The van der Waals surface area contributed by atoms with E-state index in [4.69, 9.17) is 4.43 Å². The van der Waals surface area contributed by atoms with E-state index in [1.807, 2.05) is 6.92 Å². The maximum absolute atomic E-state index is 11.8. The van der Waals surface area contributed by atoms with Crippen LogP contribution >= 0.6 is 0 Å². The molecule has 0 radical (unpaired) electrons. The van der Waals surface area contributed by atoms with Gasteiger partial charge >= 0.3 is 0 Å². The number of rotatable bonds is 6. The molecule has 1 unspecified atom stereocenters. The Morgan fingerprint density at radius 1 is 1.33 bits per heavy atom. The molecule has 0 spiro atoms. The molecule has 0 aromatic heterocycles. The average molecular weight is 351 g/mol. The Kier molecular flexibility index (Phi) is 6.85. The topological polar surface area (TPSA) is 26.3 Å². The molecule has 0 aromatic carbocycles. The predicted octanol–water partition coefficient (Wildman–Crippen LogP) is 6.44. The van der Waals surface area contributed by atoms with Gasteiger partial charge in [0.2, 0.25) is 0 Å². The highest BCUT2D eigenvalue weighted by molar-refractivity contribution is 6.74. The van der Waals surface area contributed by atoms with E-state index in [1.165, 1.54) is 11.1 Å². The molecule has 138 valence electrons. The first-order chi connectivity index (χ1) is 10.8. The van der Waals surface area contributed by atoms with Crippen molar-refractivity contribution in [3.05, 3.63) is 23.3 Å². The maximum Gasteiger partial charge on any atom is 0.192 e. The summed E-state index contributed by atoms with van der Waals surface area (Å²) in [4.78, 5) is 11.8. The van der Waals surface area contributed by atoms with Crippen LogP contribution in [0.1, 0.15) is 74.1 Å². The van der Waals surface area contributed by atoms with Crippen LogP contribution in [0.25, 0.3) is 0 Å². The van der Waals surface area contributed by atoms with Gasteiger partial charge in [-0.3, -0.25) is 4.79 Å². The van der Waals surface area contributed by atoms with Crippen molar-refractivity contribution >= 4 is 14.1 Å². The van der Waals surface area contributed by atoms with Crippen molar-refractivity contribution in [2.45, 2.75) is 98.4 Å². The van der Waals surface area contributed by atoms with E-state index in [0.29, 0.717) is 12.5 Å². The van der Waals surface area contributed by atoms with Gasteiger partial charge in [0, 0.05) is 12.5 Å². The molecule has 0 bridgehead atoms. The predicted molar refractivity (Wildman–Crippen MR) is 107 cm³/mol. The summed E-state index contributed by atoms with van der Waals surface area (Å²) < 4.78 is 6.68. The van der Waals surface area contributed by atoms with Crippen molar-refractivity contribution in [3.63, 3.8) is 0 Å². The first kappa shape index (κ1) is 21.4. The number of carbonyl (C=O) groups is 1. The second-order valence-corrected chi connectivity index (χ2v) is 14.3. The molecule has 1 aliphatic rings. The molecule has 1 rings (SSSR count). The van der Waals surface area contributed by atoms with Crippen molar-refractivity contribution in [2.75, 3.05) is 0 Å². The first-order valence-electron chi connectivity index (χ1n) is 9.39. The average Bonchev–Trinajstić information content (AvgIpc) is 2.34. The second kappa shape index (κ2) is 7.70. The molecule has 3 heteroatoms. The number of allylic oxidation sites excluding steroid dienone is 3. The summed E-state index contributed by atoms with van der Waals surface area (Å²) in [7, 11) is -1.75. The molecule has 0 aliphatic heterocycles. The van der Waals surface area contributed by atoms with Crippen LogP contribution in [0, 0.1) is 5.41 Å². The van der Waals surface area contributed by atoms with E-state index in [2.05, 4.69) is 60.7 Å². The van der Waals surface area contributed by atoms with E-state index in [0.717, 1.165) is 19.3 Å². The van der Waals surface area contributed by atoms with Gasteiger partial charge in [-0.25, -0.2) is 0 Å². The van der Waals surface area contributed by atoms with E-state index in [-0.39, 0.29) is 16.2 Å². The zero-order chi connectivity index (χ0) is 18.8. The summed E-state index contributed by atoms with van der Waals surface area (Å²) in [6.45, 7) is 20.4. The quantitative estimate of drug-likeness (QED) is 0.407. The Balaban J connectivity index is 2.95. The highest BCUT2D eigenvalue weighted by atomic mass is 28.4. The van der Waals surface area contributed by atoms with Crippen molar-refractivity contribution in [1.29, 1.82) is 0 Å². The lowest BCUT2D eigenvalue weighted by molar-refractivity contribution is -0.114. The highest BCUT2D eigenvalue weighted by Crippen LogP contribution is 2.45. The van der Waals surface area contributed by atoms with Crippen LogP contribution in [-0.2, 0) is 9.22 Å². The molecular formula is C21H38O2Si. The van der Waals surface area contributed by atoms with Gasteiger partial charge in [-0.1, -0.05) is 53.2 Å². The van der Waals surface area contributed by atoms with Crippen LogP contribution in [0.15, 0.2) is 23.3 Å². The lowest BCUT2D eigenvalue weighted by atomic mass is 9.71. The smallest absolute Gasteiger partial charge is 0.192 e. The molecule has 24 heavy (non-hydrogen) atoms. The second-order valence-electron chi connectivity index (χ2n) is 9.54. The SMILES string of the molecule is CCCC(=O)/C=C/C1=C(C)CC(O[Si](C)(C)C(C)(C)C)CC1(C)C. The van der Waals surface area contributed by atoms with E-state index >= 15 is 0 Å². The van der Waals surface area contributed by atoms with Crippen molar-refractivity contribution < 1.29 is 9.22 Å². The Hall–Kier alpha value is -0.673. The minimum Gasteiger partial charge on any atom is -0.414 e. The molecule has 1 atom stereocenters. The fraction of sp³-hybridized carbons (Fsp3) is 0.762. The third-order valence-corrected chi connectivity index (χ3v) is 10.2. The summed E-state index contributed by atoms with van der Waals surface area (Å²) in [5.41, 5.74) is 2.75. The van der Waals surface area contributed by atoms with E-state index < -0.39 is 8.32 Å². The number of hydrogen-bond donors (Lipinski definition) is 0. The molecule has 2 nitrogen and oxygen atoms in total. The lowest BCUT2D eigenvalue weighted by Gasteiger charge is -2.44. The van der Waals surface area contributed by atoms with Gasteiger partial charge in [0.05, 0.1) is 0 Å². The van der Waals surface area contributed by atoms with Crippen LogP contribution in [0.3, 0.4) is 0 Å². The number of hydrogen-bond acceptors (Lipinski definition) is 2. The van der Waals surface area contributed by atoms with Gasteiger partial charge in [0.1, 0.15) is 0 Å². The highest BCUT2D eigenvalue weighted by Gasteiger charge is 2.42. The summed E-state index contributed by atoms with van der Waals surface area (Å²) in [6.07, 6.45) is 7.70. The molecule has 0 saturated carbocycles. The van der Waals surface area contributed by atoms with Crippen LogP contribution in [0.5, 0.6) is 0 Å². The van der Waals surface area contributed by atoms with Gasteiger partial charge < -0.3 is 4.43 Å². The molecular weight excluding hydrogens is 312 g/mol. The van der Waals surface area contributed by atoms with Gasteiger partial charge in [0.15, 0.2) is 14.1 Å². The molecule has 1 aliphatic carbocycles. The standard InChI is InChI=1S/C21H38O2Si/c1-10-11-17(22)12-13-19-16(2)14-18(15-21(19,6)7)23-24(8,9)20(3,4)5/h12-13,18H,10-11,14-15H2,1-9H3/b13-12+. The summed E-state index contributed by atoms with van der Waals surface area (Å²) in [5.74, 6) is 0.230. The fourth-order valence-corrected chi connectivity index (χ4v) is 4.68. The molecule has 0 fully saturated rings. The Bertz CT molecular complexity index is 518. The third-order valence-electron chi connectivity index (χ3n) is 5.66. The number of carbonyl (C=O) groups excluding carboxylic acids is 1. The molecule has 0 heterocycles. The van der Waals surface area contributed by atoms with Gasteiger partial charge in [0.25, 0.3) is 0 Å². The Labute approximate surface area is 150 Å². The van der Waals surface area contributed by atoms with Crippen LogP contribution in [0.4, 0.5) is 0 Å². The summed E-state index contributed by atoms with van der Waals surface area (Å²) in [5, 5.41) is 0.238. The zero-order valence-electron chi connectivity index (χ0n) is 17.4. The third kappa shape index (κ3) is 5.42. The van der Waals surface area contributed by atoms with Crippen molar-refractivity contribution in [3.8, 4) is 0 Å². The summed E-state index contributed by atoms with van der Waals surface area (Å²) in [6, 6.07) is 0. The normalized spacial score (nSPS) is 22.3. The van der Waals surface area contributed by atoms with Gasteiger partial charge in [-0.2, -0.15) is 0 Å². The van der Waals surface area contributed by atoms with E-state index in [1.54, 1.807) is 6.08 Å². The molecule has 0 amide bonds. The zero-order valence-corrected chi connectivity index (χ0v) is 18.4. The van der Waals surface area contributed by atoms with Gasteiger partial charge in [-0.15, -0.1) is 0 Å². The van der Waals surface area contributed by atoms with Crippen LogP contribution in [-0.4, -0.2) is 20.2 Å². The van der Waals surface area contributed by atoms with Gasteiger partial charge in [-0.05, 0) is 61.4 Å². The minimum atomic E-state index is -1.75. The first-order valence-corrected chi connectivity index (χ1v) is 12.3. The van der Waals surface area contributed by atoms with Crippen LogP contribution < -0.4 is 0 Å². The molecule has 0 N–H and O–H groups in total. The van der Waals surface area contributed by atoms with E-state index in [9.17, 15) is 4.79 Å². The minimum absolute atomic E-state index is 0.0539. The largest absolute Gasteiger partial charge is 0.414 e. The molecule has 0 saturated heterocycles. The maximum atomic E-state index is 11.8. The lowest BCUT2D eigenvalue weighted by Crippen LogP contribution is -2.46. The van der Waals surface area contributed by atoms with Crippen molar-refractivity contribution in [1.82, 2.24) is 0 Å².